The molecule has 0 saturated heterocycles. The molecule has 4 aromatic heterocycles. The second-order valence-corrected chi connectivity index (χ2v) is 14.6. The van der Waals surface area contributed by atoms with E-state index in [4.69, 9.17) is 15.0 Å². The molecular formula is C49H29N3S. The summed E-state index contributed by atoms with van der Waals surface area (Å²) in [6.07, 6.45) is 0. The van der Waals surface area contributed by atoms with Gasteiger partial charge in [-0.05, 0) is 47.5 Å². The summed E-state index contributed by atoms with van der Waals surface area (Å²) >= 11 is 1.86. The zero-order chi connectivity index (χ0) is 34.9. The number of nitrogens with zero attached hydrogens (tertiary/aromatic N) is 3. The van der Waals surface area contributed by atoms with Crippen LogP contribution in [0.4, 0.5) is 0 Å². The Hall–Kier alpha value is -6.75. The second kappa shape index (κ2) is 11.9. The number of aromatic nitrogens is 3. The highest BCUT2D eigenvalue weighted by Gasteiger charge is 2.17. The third-order valence-electron chi connectivity index (χ3n) is 10.4. The first-order valence-electron chi connectivity index (χ1n) is 17.9. The molecule has 0 amide bonds. The van der Waals surface area contributed by atoms with E-state index in [0.717, 1.165) is 72.2 Å². The normalized spacial score (nSPS) is 11.8. The molecular weight excluding hydrogens is 663 g/mol. The van der Waals surface area contributed by atoms with Gasteiger partial charge in [0.25, 0.3) is 0 Å². The van der Waals surface area contributed by atoms with Gasteiger partial charge in [0.2, 0.25) is 0 Å². The summed E-state index contributed by atoms with van der Waals surface area (Å²) < 4.78 is 2.60. The first-order valence-corrected chi connectivity index (χ1v) is 18.7. The van der Waals surface area contributed by atoms with E-state index in [-0.39, 0.29) is 0 Å². The highest BCUT2D eigenvalue weighted by molar-refractivity contribution is 7.26. The maximum Gasteiger partial charge on any atom is 0.0972 e. The van der Waals surface area contributed by atoms with Crippen molar-refractivity contribution in [2.45, 2.75) is 0 Å². The van der Waals surface area contributed by atoms with Crippen molar-refractivity contribution in [2.24, 2.45) is 0 Å². The predicted molar refractivity (Wildman–Crippen MR) is 224 cm³/mol. The monoisotopic (exact) mass is 691 g/mol. The molecule has 0 saturated carbocycles. The minimum Gasteiger partial charge on any atom is -0.247 e. The number of pyridine rings is 3. The Morgan fingerprint density at radius 3 is 1.64 bits per heavy atom. The fraction of sp³-hybridized carbons (Fsp3) is 0. The van der Waals surface area contributed by atoms with E-state index >= 15 is 0 Å². The van der Waals surface area contributed by atoms with Gasteiger partial charge < -0.3 is 0 Å². The lowest BCUT2D eigenvalue weighted by Gasteiger charge is -2.13. The van der Waals surface area contributed by atoms with E-state index in [1.54, 1.807) is 0 Å². The molecule has 4 heteroatoms. The van der Waals surface area contributed by atoms with Gasteiger partial charge in [-0.2, -0.15) is 0 Å². The SMILES string of the molecule is c1ccc(-c2ccc3ccc4ccc(-c5ccc(-c6ccc7nc(-c8ccccc8)c8ccc9sc%10ccccc%10c9c8c7c6)cc5)nc4c3n2)cc1. The number of rotatable bonds is 4. The molecule has 0 N–H and O–H groups in total. The van der Waals surface area contributed by atoms with Gasteiger partial charge >= 0.3 is 0 Å². The number of hydrogen-bond acceptors (Lipinski definition) is 4. The molecule has 0 fully saturated rings. The molecule has 11 rings (SSSR count). The quantitative estimate of drug-likeness (QED) is 0.172. The minimum atomic E-state index is 0.915. The number of fused-ring (bicyclic) bond motifs is 10. The van der Waals surface area contributed by atoms with Crippen molar-refractivity contribution < 1.29 is 0 Å². The van der Waals surface area contributed by atoms with Crippen molar-refractivity contribution in [3.63, 3.8) is 0 Å². The molecule has 0 aliphatic carbocycles. The fourth-order valence-electron chi connectivity index (χ4n) is 7.84. The summed E-state index contributed by atoms with van der Waals surface area (Å²) in [7, 11) is 0. The summed E-state index contributed by atoms with van der Waals surface area (Å²) in [5.74, 6) is 0. The number of hydrogen-bond donors (Lipinski definition) is 0. The molecule has 11 aromatic rings. The third kappa shape index (κ3) is 4.91. The van der Waals surface area contributed by atoms with Crippen LogP contribution in [-0.4, -0.2) is 15.0 Å². The van der Waals surface area contributed by atoms with Crippen LogP contribution >= 0.6 is 11.3 Å². The van der Waals surface area contributed by atoms with E-state index in [2.05, 4.69) is 158 Å². The highest BCUT2D eigenvalue weighted by atomic mass is 32.1. The summed E-state index contributed by atoms with van der Waals surface area (Å²) in [6.45, 7) is 0. The maximum absolute atomic E-state index is 5.29. The Labute approximate surface area is 309 Å². The molecule has 0 bridgehead atoms. The van der Waals surface area contributed by atoms with Gasteiger partial charge in [-0.25, -0.2) is 15.0 Å². The summed E-state index contributed by atoms with van der Waals surface area (Å²) in [5, 5.41) is 8.36. The summed E-state index contributed by atoms with van der Waals surface area (Å²) in [4.78, 5) is 15.6. The van der Waals surface area contributed by atoms with E-state index in [0.29, 0.717) is 0 Å². The third-order valence-corrected chi connectivity index (χ3v) is 11.6. The van der Waals surface area contributed by atoms with Crippen molar-refractivity contribution in [3.8, 4) is 44.9 Å². The maximum atomic E-state index is 5.29. The van der Waals surface area contributed by atoms with Crippen LogP contribution in [0.2, 0.25) is 0 Å². The van der Waals surface area contributed by atoms with E-state index in [9.17, 15) is 0 Å². The molecule has 0 unspecified atom stereocenters. The van der Waals surface area contributed by atoms with Gasteiger partial charge in [-0.3, -0.25) is 0 Å². The zero-order valence-corrected chi connectivity index (χ0v) is 29.3. The van der Waals surface area contributed by atoms with Crippen molar-refractivity contribution in [1.82, 2.24) is 15.0 Å². The summed E-state index contributed by atoms with van der Waals surface area (Å²) in [6, 6.07) is 62.4. The molecule has 7 aromatic carbocycles. The van der Waals surface area contributed by atoms with Gasteiger partial charge in [-0.1, -0.05) is 140 Å². The van der Waals surface area contributed by atoms with Crippen LogP contribution in [0.25, 0.3) is 109 Å². The average Bonchev–Trinajstić information content (AvgIpc) is 3.62. The Kier molecular flexibility index (Phi) is 6.73. The molecule has 3 nitrogen and oxygen atoms in total. The standard InChI is InChI=1S/C49H29N3S/c1-3-9-31(10-4-1)40-25-21-34-19-20-35-22-26-41(51-49(35)48(34)50-40)32-17-15-30(16-18-32)36-23-27-42-39(29-36)45-38(47(52-42)33-11-5-2-6-12-33)24-28-44-46(45)37-13-7-8-14-43(37)53-44/h1-29H. The topological polar surface area (TPSA) is 38.7 Å². The largest absolute Gasteiger partial charge is 0.247 e. The lowest BCUT2D eigenvalue weighted by atomic mass is 9.94. The highest BCUT2D eigenvalue weighted by Crippen LogP contribution is 2.44. The molecule has 246 valence electrons. The van der Waals surface area contributed by atoms with Crippen molar-refractivity contribution >= 4 is 75.0 Å². The zero-order valence-electron chi connectivity index (χ0n) is 28.5. The van der Waals surface area contributed by atoms with E-state index in [1.807, 2.05) is 29.5 Å². The van der Waals surface area contributed by atoms with Crippen molar-refractivity contribution in [3.05, 3.63) is 176 Å². The van der Waals surface area contributed by atoms with Gasteiger partial charge in [0.15, 0.2) is 0 Å². The van der Waals surface area contributed by atoms with E-state index in [1.165, 1.54) is 36.3 Å². The number of benzene rings is 7. The first kappa shape index (κ1) is 29.9. The molecule has 0 atom stereocenters. The molecule has 0 aliphatic heterocycles. The summed E-state index contributed by atoms with van der Waals surface area (Å²) in [5.41, 5.74) is 11.3. The van der Waals surface area contributed by atoms with Crippen molar-refractivity contribution in [2.75, 3.05) is 0 Å². The van der Waals surface area contributed by atoms with Crippen molar-refractivity contribution in [1.29, 1.82) is 0 Å². The molecule has 0 aliphatic rings. The Balaban J connectivity index is 1.04. The van der Waals surface area contributed by atoms with Crippen LogP contribution in [0.5, 0.6) is 0 Å². The Morgan fingerprint density at radius 1 is 0.340 bits per heavy atom. The van der Waals surface area contributed by atoms with Gasteiger partial charge in [-0.15, -0.1) is 11.3 Å². The van der Waals surface area contributed by atoms with Crippen LogP contribution in [0.15, 0.2) is 176 Å². The van der Waals surface area contributed by atoms with Gasteiger partial charge in [0, 0.05) is 63.8 Å². The van der Waals surface area contributed by atoms with Crippen LogP contribution < -0.4 is 0 Å². The molecule has 4 heterocycles. The van der Waals surface area contributed by atoms with Crippen LogP contribution in [0, 0.1) is 0 Å². The fourth-order valence-corrected chi connectivity index (χ4v) is 8.95. The minimum absolute atomic E-state index is 0.915. The van der Waals surface area contributed by atoms with Crippen LogP contribution in [0.1, 0.15) is 0 Å². The Morgan fingerprint density at radius 2 is 0.925 bits per heavy atom. The van der Waals surface area contributed by atoms with E-state index < -0.39 is 0 Å². The lowest BCUT2D eigenvalue weighted by molar-refractivity contribution is 1.36. The molecule has 53 heavy (non-hydrogen) atoms. The smallest absolute Gasteiger partial charge is 0.0972 e. The number of thiophene rings is 1. The second-order valence-electron chi connectivity index (χ2n) is 13.6. The average molecular weight is 692 g/mol. The van der Waals surface area contributed by atoms with Gasteiger partial charge in [0.1, 0.15) is 0 Å². The predicted octanol–water partition coefficient (Wildman–Crippen LogP) is 13.5. The van der Waals surface area contributed by atoms with Gasteiger partial charge in [0.05, 0.1) is 33.6 Å². The molecule has 0 spiro atoms. The van der Waals surface area contributed by atoms with Crippen LogP contribution in [-0.2, 0) is 0 Å². The lowest BCUT2D eigenvalue weighted by Crippen LogP contribution is -1.92. The Bertz CT molecular complexity index is 3200. The molecule has 0 radical (unpaired) electrons. The first-order chi connectivity index (χ1) is 26.2. The van der Waals surface area contributed by atoms with Crippen LogP contribution in [0.3, 0.4) is 0 Å².